The molecule has 2 heterocycles. The summed E-state index contributed by atoms with van der Waals surface area (Å²) in [6.07, 6.45) is 2.63. The fraction of sp³-hybridized carbons (Fsp3) is 0.312. The summed E-state index contributed by atoms with van der Waals surface area (Å²) in [5.41, 5.74) is 0.695. The monoisotopic (exact) mass is 492 g/mol. The number of aromatic nitrogens is 2. The second-order valence-electron chi connectivity index (χ2n) is 4.61. The van der Waals surface area contributed by atoms with E-state index in [0.29, 0.717) is 30.1 Å². The van der Waals surface area contributed by atoms with E-state index in [9.17, 15) is 4.79 Å². The van der Waals surface area contributed by atoms with Crippen LogP contribution >= 0.6 is 69.6 Å². The lowest BCUT2D eigenvalue weighted by Crippen LogP contribution is -2.10. The molecule has 0 fully saturated rings. The second-order valence-corrected chi connectivity index (χ2v) is 6.90. The van der Waals surface area contributed by atoms with Gasteiger partial charge in [-0.1, -0.05) is 69.6 Å². The molecular formula is C16H14Cl6N2O3. The number of aldehydes is 1. The van der Waals surface area contributed by atoms with Crippen LogP contribution in [0.4, 0.5) is 0 Å². The van der Waals surface area contributed by atoms with E-state index < -0.39 is 6.29 Å². The first kappa shape index (κ1) is 24.7. The molecule has 2 rings (SSSR count). The van der Waals surface area contributed by atoms with Crippen LogP contribution in [0.15, 0.2) is 12.4 Å². The average molecular weight is 495 g/mol. The van der Waals surface area contributed by atoms with Gasteiger partial charge in [-0.3, -0.25) is 4.79 Å². The molecule has 0 radical (unpaired) electrons. The van der Waals surface area contributed by atoms with Crippen LogP contribution in [-0.4, -0.2) is 29.5 Å². The van der Waals surface area contributed by atoms with Crippen molar-refractivity contribution in [2.45, 2.75) is 20.1 Å². The minimum absolute atomic E-state index is 0.0816. The van der Waals surface area contributed by atoms with Gasteiger partial charge in [-0.05, 0) is 13.8 Å². The predicted molar refractivity (Wildman–Crippen MR) is 110 cm³/mol. The van der Waals surface area contributed by atoms with Gasteiger partial charge in [-0.2, -0.15) is 0 Å². The summed E-state index contributed by atoms with van der Waals surface area (Å²) in [4.78, 5) is 17.8. The highest BCUT2D eigenvalue weighted by molar-refractivity contribution is 6.44. The molecule has 0 amide bonds. The molecule has 27 heavy (non-hydrogen) atoms. The third-order valence-corrected chi connectivity index (χ3v) is 5.06. The van der Waals surface area contributed by atoms with Crippen LogP contribution in [0.1, 0.15) is 36.1 Å². The van der Waals surface area contributed by atoms with Crippen molar-refractivity contribution in [3.63, 3.8) is 0 Å². The van der Waals surface area contributed by atoms with E-state index >= 15 is 0 Å². The van der Waals surface area contributed by atoms with Gasteiger partial charge in [-0.25, -0.2) is 9.97 Å². The highest BCUT2D eigenvalue weighted by Gasteiger charge is 2.21. The molecule has 11 heteroatoms. The summed E-state index contributed by atoms with van der Waals surface area (Å²) in [5, 5.41) is 1.20. The van der Waals surface area contributed by atoms with E-state index in [0.717, 1.165) is 0 Å². The Kier molecular flexibility index (Phi) is 11.2. The minimum Gasteiger partial charge on any atom is -0.349 e. The largest absolute Gasteiger partial charge is 0.349 e. The Morgan fingerprint density at radius 3 is 1.81 bits per heavy atom. The Hall–Kier alpha value is -0.370. The van der Waals surface area contributed by atoms with Crippen molar-refractivity contribution in [1.82, 2.24) is 9.97 Å². The number of nitrogens with zero attached hydrogens (tertiary/aromatic N) is 2. The number of halogens is 6. The van der Waals surface area contributed by atoms with Crippen LogP contribution < -0.4 is 0 Å². The molecule has 0 aliphatic heterocycles. The maximum absolute atomic E-state index is 10.3. The fourth-order valence-corrected chi connectivity index (χ4v) is 3.01. The van der Waals surface area contributed by atoms with Crippen LogP contribution in [-0.2, 0) is 9.47 Å². The van der Waals surface area contributed by atoms with Crippen molar-refractivity contribution in [2.24, 2.45) is 0 Å². The maximum atomic E-state index is 10.3. The Balaban J connectivity index is 0.000000289. The predicted octanol–water partition coefficient (Wildman–Crippen LogP) is 6.97. The zero-order valence-electron chi connectivity index (χ0n) is 14.1. The zero-order chi connectivity index (χ0) is 20.6. The van der Waals surface area contributed by atoms with Gasteiger partial charge >= 0.3 is 0 Å². The number of ether oxygens (including phenoxy) is 2. The summed E-state index contributed by atoms with van der Waals surface area (Å²) in [7, 11) is 0. The van der Waals surface area contributed by atoms with E-state index in [4.69, 9.17) is 79.1 Å². The van der Waals surface area contributed by atoms with Crippen LogP contribution in [0.25, 0.3) is 0 Å². The number of carbonyl (C=O) groups excluding carboxylic acids is 1. The Morgan fingerprint density at radius 1 is 0.889 bits per heavy atom. The molecular weight excluding hydrogens is 481 g/mol. The van der Waals surface area contributed by atoms with Crippen molar-refractivity contribution < 1.29 is 14.3 Å². The number of carbonyl (C=O) groups is 1. The molecule has 2 aromatic heterocycles. The minimum atomic E-state index is -0.615. The first-order valence-corrected chi connectivity index (χ1v) is 9.72. The molecule has 0 atom stereocenters. The van der Waals surface area contributed by atoms with Gasteiger partial charge < -0.3 is 9.47 Å². The van der Waals surface area contributed by atoms with Gasteiger partial charge in [0.25, 0.3) is 0 Å². The van der Waals surface area contributed by atoms with E-state index in [1.165, 1.54) is 12.4 Å². The zero-order valence-corrected chi connectivity index (χ0v) is 18.6. The summed E-state index contributed by atoms with van der Waals surface area (Å²) < 4.78 is 10.8. The van der Waals surface area contributed by atoms with E-state index in [1.54, 1.807) is 0 Å². The molecule has 0 unspecified atom stereocenters. The molecule has 2 aromatic rings. The Labute approximate surface area is 186 Å². The van der Waals surface area contributed by atoms with Crippen LogP contribution in [0, 0.1) is 0 Å². The van der Waals surface area contributed by atoms with Crippen molar-refractivity contribution in [2.75, 3.05) is 13.2 Å². The third kappa shape index (κ3) is 6.87. The highest BCUT2D eigenvalue weighted by atomic mass is 35.5. The molecule has 0 saturated heterocycles. The van der Waals surface area contributed by atoms with E-state index in [1.807, 2.05) is 13.8 Å². The second kappa shape index (κ2) is 12.2. The van der Waals surface area contributed by atoms with Gasteiger partial charge in [0, 0.05) is 31.2 Å². The molecule has 0 saturated carbocycles. The fourth-order valence-electron chi connectivity index (χ4n) is 1.75. The summed E-state index contributed by atoms with van der Waals surface area (Å²) in [6.45, 7) is 4.68. The molecule has 0 aliphatic rings. The standard InChI is InChI=1S/C10H12Cl3NO2.C6H2Cl3NO/c1-3-15-10(16-4-2)7-6(11)5-14-9(13)8(7)12;7-4-1-10-6(9)5(8)3(4)2-11/h5,10H,3-4H2,1-2H3;1-2H. The number of hydrogen-bond acceptors (Lipinski definition) is 5. The van der Waals surface area contributed by atoms with Gasteiger partial charge in [0.15, 0.2) is 12.6 Å². The Bertz CT molecular complexity index is 785. The topological polar surface area (TPSA) is 61.3 Å². The Morgan fingerprint density at radius 2 is 1.37 bits per heavy atom. The van der Waals surface area contributed by atoms with Gasteiger partial charge in [0.05, 0.1) is 25.7 Å². The highest BCUT2D eigenvalue weighted by Crippen LogP contribution is 2.36. The summed E-state index contributed by atoms with van der Waals surface area (Å²) in [6, 6.07) is 0. The van der Waals surface area contributed by atoms with Crippen LogP contribution in [0.5, 0.6) is 0 Å². The average Bonchev–Trinajstić information content (AvgIpc) is 2.63. The van der Waals surface area contributed by atoms with Crippen molar-refractivity contribution in [1.29, 1.82) is 0 Å². The number of hydrogen-bond donors (Lipinski definition) is 0. The van der Waals surface area contributed by atoms with Crippen LogP contribution in [0.3, 0.4) is 0 Å². The first-order chi connectivity index (χ1) is 12.8. The lowest BCUT2D eigenvalue weighted by Gasteiger charge is -2.19. The number of pyridine rings is 2. The van der Waals surface area contributed by atoms with Gasteiger partial charge in [-0.15, -0.1) is 0 Å². The lowest BCUT2D eigenvalue weighted by molar-refractivity contribution is -0.140. The molecule has 148 valence electrons. The van der Waals surface area contributed by atoms with E-state index in [-0.39, 0.29) is 30.9 Å². The molecule has 0 spiro atoms. The maximum Gasteiger partial charge on any atom is 0.186 e. The van der Waals surface area contributed by atoms with Gasteiger partial charge in [0.2, 0.25) is 0 Å². The van der Waals surface area contributed by atoms with Crippen molar-refractivity contribution >= 4 is 75.9 Å². The normalized spacial score (nSPS) is 10.6. The van der Waals surface area contributed by atoms with Crippen molar-refractivity contribution in [3.8, 4) is 0 Å². The molecule has 0 bridgehead atoms. The van der Waals surface area contributed by atoms with E-state index in [2.05, 4.69) is 9.97 Å². The number of rotatable bonds is 6. The van der Waals surface area contributed by atoms with Gasteiger partial charge in [0.1, 0.15) is 10.3 Å². The summed E-state index contributed by atoms with van der Waals surface area (Å²) in [5.74, 6) is 0. The first-order valence-electron chi connectivity index (χ1n) is 7.45. The molecule has 0 aliphatic carbocycles. The quantitative estimate of drug-likeness (QED) is 0.246. The van der Waals surface area contributed by atoms with Crippen molar-refractivity contribution in [3.05, 3.63) is 53.9 Å². The van der Waals surface area contributed by atoms with Crippen LogP contribution in [0.2, 0.25) is 30.4 Å². The summed E-state index contributed by atoms with van der Waals surface area (Å²) >= 11 is 34.5. The third-order valence-electron chi connectivity index (χ3n) is 2.92. The molecule has 5 nitrogen and oxygen atoms in total. The molecule has 0 N–H and O–H groups in total. The molecule has 0 aromatic carbocycles. The SMILES string of the molecule is CCOC(OCC)c1c(Cl)cnc(Cl)c1Cl.O=Cc1c(Cl)cnc(Cl)c1Cl. The lowest BCUT2D eigenvalue weighted by atomic mass is 10.2. The smallest absolute Gasteiger partial charge is 0.186 e.